The van der Waals surface area contributed by atoms with Gasteiger partial charge in [0.1, 0.15) is 11.5 Å². The molecule has 0 aliphatic heterocycles. The minimum atomic E-state index is -0.811. The van der Waals surface area contributed by atoms with Crippen molar-refractivity contribution < 1.29 is 52.3 Å². The van der Waals surface area contributed by atoms with Crippen LogP contribution >= 0.6 is 11.6 Å². The maximum absolute atomic E-state index is 14.7. The number of carbonyl (C=O) groups is 3. The van der Waals surface area contributed by atoms with E-state index in [1.807, 2.05) is 0 Å². The van der Waals surface area contributed by atoms with Crippen LogP contribution in [0.2, 0.25) is 0 Å². The van der Waals surface area contributed by atoms with Crippen molar-refractivity contribution >= 4 is 28.8 Å². The second kappa shape index (κ2) is 68.6. The second-order valence-electron chi connectivity index (χ2n) is 30.5. The smallest absolute Gasteiger partial charge is 0.343 e. The summed E-state index contributed by atoms with van der Waals surface area (Å²) >= 11 is 6.24. The van der Waals surface area contributed by atoms with Crippen LogP contribution in [-0.2, 0) is 0 Å². The molecule has 0 heterocycles. The molecular formula is C93H157ClO11. The molecule has 602 valence electrons. The Morgan fingerprint density at radius 1 is 0.219 bits per heavy atom. The first-order valence-corrected chi connectivity index (χ1v) is 45.0. The monoisotopic (exact) mass is 1490 g/mol. The van der Waals surface area contributed by atoms with Gasteiger partial charge in [-0.15, -0.1) is 0 Å². The number of rotatable bonds is 77. The lowest BCUT2D eigenvalue weighted by Gasteiger charge is -2.19. The van der Waals surface area contributed by atoms with Gasteiger partial charge in [-0.25, -0.2) is 9.59 Å². The lowest BCUT2D eigenvalue weighted by Crippen LogP contribution is -2.13. The Labute approximate surface area is 649 Å². The van der Waals surface area contributed by atoms with Crippen LogP contribution in [0.15, 0.2) is 42.5 Å². The SMILES string of the molecule is CCCCCCCCCCCCOc1cc(C(=O)Oc2cc(OC(=O)c3cc(OCCCCCCCCCCCC)c(OCCCCCCCCCCCC)c(OCCCCCCCCCCCC)c3)cc(C(=O)Cl)c2)cc(OCCCCCCCCCCCC)c1OCCCCCCCCCCCC. The van der Waals surface area contributed by atoms with Crippen molar-refractivity contribution in [1.29, 1.82) is 0 Å². The van der Waals surface area contributed by atoms with Gasteiger partial charge in [0.25, 0.3) is 5.24 Å². The standard InChI is InChI=1S/C93H157ClO11/c1-7-13-19-25-31-37-43-49-55-61-67-98-85-75-81(76-86(99-68-62-56-50-44-38-32-26-20-14-8-2)89(85)102-71-65-59-53-47-41-35-29-23-17-11-5)92(96)104-83-73-80(91(94)95)74-84(79-83)105-93(97)82-77-87(100-69-63-57-51-45-39-33-27-21-15-9-3)90(103-72-66-60-54-48-42-36-30-24-18-12-6)88(78-82)101-70-64-58-52-46-40-34-28-22-16-10-4/h73-79H,7-72H2,1-6H3. The topological polar surface area (TPSA) is 125 Å². The first-order valence-electron chi connectivity index (χ1n) is 44.6. The van der Waals surface area contributed by atoms with Crippen molar-refractivity contribution in [3.63, 3.8) is 0 Å². The number of ether oxygens (including phenoxy) is 8. The molecule has 0 aliphatic rings. The molecule has 0 spiro atoms. The number of carbonyl (C=O) groups excluding carboxylic acids is 3. The molecule has 105 heavy (non-hydrogen) atoms. The van der Waals surface area contributed by atoms with Crippen LogP contribution in [0.1, 0.15) is 458 Å². The van der Waals surface area contributed by atoms with E-state index in [-0.39, 0.29) is 28.2 Å². The van der Waals surface area contributed by atoms with Crippen LogP contribution in [-0.4, -0.2) is 56.8 Å². The largest absolute Gasteiger partial charge is 0.490 e. The lowest BCUT2D eigenvalue weighted by molar-refractivity contribution is 0.0729. The fraction of sp³-hybridized carbons (Fsp3) is 0.774. The molecule has 3 aromatic rings. The van der Waals surface area contributed by atoms with Gasteiger partial charge in [0.05, 0.1) is 50.8 Å². The van der Waals surface area contributed by atoms with E-state index in [1.165, 1.54) is 288 Å². The maximum atomic E-state index is 14.7. The summed E-state index contributed by atoms with van der Waals surface area (Å²) in [7, 11) is 0. The van der Waals surface area contributed by atoms with E-state index < -0.39 is 17.2 Å². The van der Waals surface area contributed by atoms with Crippen LogP contribution in [0.3, 0.4) is 0 Å². The zero-order valence-corrected chi connectivity index (χ0v) is 69.3. The molecule has 0 N–H and O–H groups in total. The van der Waals surface area contributed by atoms with E-state index in [2.05, 4.69) is 41.5 Å². The third-order valence-corrected chi connectivity index (χ3v) is 20.8. The van der Waals surface area contributed by atoms with Crippen molar-refractivity contribution in [3.8, 4) is 46.0 Å². The van der Waals surface area contributed by atoms with Gasteiger partial charge in [-0.2, -0.15) is 0 Å². The fourth-order valence-electron chi connectivity index (χ4n) is 13.9. The van der Waals surface area contributed by atoms with E-state index in [0.29, 0.717) is 74.1 Å². The molecule has 0 amide bonds. The predicted molar refractivity (Wildman–Crippen MR) is 443 cm³/mol. The van der Waals surface area contributed by atoms with Gasteiger partial charge in [-0.05, 0) is 86.5 Å². The number of halogens is 1. The summed E-state index contributed by atoms with van der Waals surface area (Å²) in [6.45, 7) is 16.4. The van der Waals surface area contributed by atoms with Crippen molar-refractivity contribution in [1.82, 2.24) is 0 Å². The summed E-state index contributed by atoms with van der Waals surface area (Å²) in [6.07, 6.45) is 72.3. The van der Waals surface area contributed by atoms with E-state index >= 15 is 0 Å². The average Bonchev–Trinajstić information content (AvgIpc) is 0.814. The summed E-state index contributed by atoms with van der Waals surface area (Å²) in [5.41, 5.74) is 0.354. The Balaban J connectivity index is 1.99. The fourth-order valence-corrected chi connectivity index (χ4v) is 14.0. The molecule has 3 aromatic carbocycles. The molecule has 0 atom stereocenters. The number of esters is 2. The zero-order chi connectivity index (χ0) is 75.4. The number of unbranched alkanes of at least 4 members (excludes halogenated alkanes) is 54. The van der Waals surface area contributed by atoms with Gasteiger partial charge in [0, 0.05) is 11.6 Å². The van der Waals surface area contributed by atoms with Crippen molar-refractivity contribution in [2.45, 2.75) is 427 Å². The predicted octanol–water partition coefficient (Wildman–Crippen LogP) is 30.3. The highest BCUT2D eigenvalue weighted by atomic mass is 35.5. The van der Waals surface area contributed by atoms with Gasteiger partial charge < -0.3 is 37.9 Å². The third-order valence-electron chi connectivity index (χ3n) is 20.6. The lowest BCUT2D eigenvalue weighted by atomic mass is 10.1. The molecule has 0 fully saturated rings. The molecule has 0 bridgehead atoms. The van der Waals surface area contributed by atoms with E-state index in [0.717, 1.165) is 116 Å². The summed E-state index contributed by atoms with van der Waals surface area (Å²) in [4.78, 5) is 42.6. The van der Waals surface area contributed by atoms with Crippen molar-refractivity contribution in [3.05, 3.63) is 59.2 Å². The second-order valence-corrected chi connectivity index (χ2v) is 30.9. The molecule has 0 unspecified atom stereocenters. The van der Waals surface area contributed by atoms with Crippen LogP contribution in [0.25, 0.3) is 0 Å². The molecule has 3 rings (SSSR count). The van der Waals surface area contributed by atoms with Crippen LogP contribution < -0.4 is 37.9 Å². The molecule has 0 aliphatic carbocycles. The average molecular weight is 1490 g/mol. The highest BCUT2D eigenvalue weighted by Crippen LogP contribution is 2.42. The normalized spacial score (nSPS) is 11.3. The first-order chi connectivity index (χ1) is 51.7. The minimum Gasteiger partial charge on any atom is -0.490 e. The van der Waals surface area contributed by atoms with Gasteiger partial charge in [-0.1, -0.05) is 388 Å². The van der Waals surface area contributed by atoms with Crippen LogP contribution in [0, 0.1) is 0 Å². The summed E-state index contributed by atoms with van der Waals surface area (Å²) in [6, 6.07) is 11.0. The number of hydrogen-bond donors (Lipinski definition) is 0. The Morgan fingerprint density at radius 2 is 0.390 bits per heavy atom. The van der Waals surface area contributed by atoms with Crippen molar-refractivity contribution in [2.75, 3.05) is 39.6 Å². The molecule has 0 saturated carbocycles. The van der Waals surface area contributed by atoms with E-state index in [4.69, 9.17) is 49.5 Å². The Bertz CT molecular complexity index is 2290. The highest BCUT2D eigenvalue weighted by Gasteiger charge is 2.25. The van der Waals surface area contributed by atoms with Crippen LogP contribution in [0.5, 0.6) is 46.0 Å². The Hall–Kier alpha value is -4.64. The molecule has 0 aromatic heterocycles. The molecular weight excluding hydrogens is 1330 g/mol. The number of hydrogen-bond acceptors (Lipinski definition) is 11. The van der Waals surface area contributed by atoms with E-state index in [1.54, 1.807) is 24.3 Å². The molecule has 11 nitrogen and oxygen atoms in total. The van der Waals surface area contributed by atoms with Gasteiger partial charge in [-0.3, -0.25) is 4.79 Å². The Morgan fingerprint density at radius 3 is 0.571 bits per heavy atom. The van der Waals surface area contributed by atoms with Gasteiger partial charge >= 0.3 is 11.9 Å². The zero-order valence-electron chi connectivity index (χ0n) is 68.6. The first kappa shape index (κ1) is 94.6. The third kappa shape index (κ3) is 49.9. The summed E-state index contributed by atoms with van der Waals surface area (Å²) in [5.74, 6) is 1.21. The summed E-state index contributed by atoms with van der Waals surface area (Å²) < 4.78 is 52.2. The van der Waals surface area contributed by atoms with Gasteiger partial charge in [0.15, 0.2) is 23.0 Å². The highest BCUT2D eigenvalue weighted by molar-refractivity contribution is 6.67. The Kier molecular flexibility index (Phi) is 61.8. The van der Waals surface area contributed by atoms with Gasteiger partial charge in [0.2, 0.25) is 11.5 Å². The molecule has 12 heteroatoms. The quantitative estimate of drug-likeness (QED) is 0.0232. The minimum absolute atomic E-state index is 0.0155. The van der Waals surface area contributed by atoms with Crippen molar-refractivity contribution in [2.24, 2.45) is 0 Å². The van der Waals surface area contributed by atoms with E-state index in [9.17, 15) is 14.4 Å². The number of benzene rings is 3. The molecule has 0 saturated heterocycles. The molecule has 0 radical (unpaired) electrons. The summed E-state index contributed by atoms with van der Waals surface area (Å²) in [5, 5.41) is -0.811. The van der Waals surface area contributed by atoms with Crippen LogP contribution in [0.4, 0.5) is 0 Å². The maximum Gasteiger partial charge on any atom is 0.343 e.